The molecule has 0 aliphatic carbocycles. The average Bonchev–Trinajstić information content (AvgIpc) is 3.42. The molecular formula is C26H25N5O4S. The first-order chi connectivity index (χ1) is 17.3. The molecule has 2 aliphatic rings. The van der Waals surface area contributed by atoms with Gasteiger partial charge in [-0.05, 0) is 41.8 Å². The van der Waals surface area contributed by atoms with Gasteiger partial charge in [0.15, 0.2) is 5.76 Å². The molecule has 36 heavy (non-hydrogen) atoms. The number of fused-ring (bicyclic) bond motifs is 1. The summed E-state index contributed by atoms with van der Waals surface area (Å²) in [4.78, 5) is 32.1. The molecule has 0 unspecified atom stereocenters. The van der Waals surface area contributed by atoms with Crippen LogP contribution < -0.4 is 4.90 Å². The molecule has 0 spiro atoms. The lowest BCUT2D eigenvalue weighted by molar-refractivity contribution is -0.384. The van der Waals surface area contributed by atoms with Gasteiger partial charge < -0.3 is 14.2 Å². The first-order valence-corrected chi connectivity index (χ1v) is 12.7. The monoisotopic (exact) mass is 503 g/mol. The summed E-state index contributed by atoms with van der Waals surface area (Å²) in [7, 11) is 0. The number of nitrogens with zero attached hydrogens (tertiary/aromatic N) is 5. The molecule has 2 aromatic heterocycles. The van der Waals surface area contributed by atoms with Crippen LogP contribution in [0, 0.1) is 21.4 Å². The Morgan fingerprint density at radius 3 is 2.50 bits per heavy atom. The fourth-order valence-corrected chi connectivity index (χ4v) is 5.84. The largest absolute Gasteiger partial charge is 0.463 e. The van der Waals surface area contributed by atoms with Crippen LogP contribution >= 0.6 is 11.8 Å². The second-order valence-electron chi connectivity index (χ2n) is 9.51. The molecule has 1 amide bonds. The van der Waals surface area contributed by atoms with Crippen LogP contribution in [0.1, 0.15) is 40.9 Å². The molecule has 3 aromatic rings. The van der Waals surface area contributed by atoms with Gasteiger partial charge in [-0.25, -0.2) is 4.98 Å². The van der Waals surface area contributed by atoms with Crippen molar-refractivity contribution in [2.24, 2.45) is 0 Å². The number of amides is 1. The standard InChI is InChI=1S/C26H25N5O4S/c1-26(2)14-19-20(15-27)24(28-23(21(19)16-36-26)22-4-3-13-35-22)29-9-11-30(12-10-29)25(32)17-5-7-18(8-6-17)31(33)34/h3-8,13H,9-12,14,16H2,1-2H3. The Morgan fingerprint density at radius 1 is 1.17 bits per heavy atom. The first-order valence-electron chi connectivity index (χ1n) is 11.7. The Hall–Kier alpha value is -3.84. The number of pyridine rings is 1. The van der Waals surface area contributed by atoms with Gasteiger partial charge in [0.2, 0.25) is 0 Å². The average molecular weight is 504 g/mol. The second kappa shape index (κ2) is 9.32. The summed E-state index contributed by atoms with van der Waals surface area (Å²) in [6.45, 7) is 6.34. The van der Waals surface area contributed by atoms with E-state index in [4.69, 9.17) is 9.40 Å². The van der Waals surface area contributed by atoms with Crippen LogP contribution in [0.4, 0.5) is 11.5 Å². The van der Waals surface area contributed by atoms with Crippen molar-refractivity contribution in [2.75, 3.05) is 31.1 Å². The normalized spacial score (nSPS) is 16.8. The number of carbonyl (C=O) groups excluding carboxylic acids is 1. The lowest BCUT2D eigenvalue weighted by Crippen LogP contribution is -2.49. The van der Waals surface area contributed by atoms with Crippen molar-refractivity contribution in [2.45, 2.75) is 30.8 Å². The molecule has 0 radical (unpaired) electrons. The molecule has 0 atom stereocenters. The van der Waals surface area contributed by atoms with Gasteiger partial charge in [-0.3, -0.25) is 14.9 Å². The Bertz CT molecular complexity index is 1350. The predicted molar refractivity (Wildman–Crippen MR) is 137 cm³/mol. The molecule has 9 nitrogen and oxygen atoms in total. The molecule has 1 fully saturated rings. The number of non-ortho nitro benzene ring substituents is 1. The maximum Gasteiger partial charge on any atom is 0.269 e. The Labute approximate surface area is 212 Å². The zero-order valence-electron chi connectivity index (χ0n) is 20.1. The number of hydrogen-bond acceptors (Lipinski definition) is 8. The van der Waals surface area contributed by atoms with Gasteiger partial charge in [-0.15, -0.1) is 0 Å². The summed E-state index contributed by atoms with van der Waals surface area (Å²) in [6, 6.07) is 11.8. The fraction of sp³-hybridized carbons (Fsp3) is 0.346. The lowest BCUT2D eigenvalue weighted by atomic mass is 9.91. The molecule has 2 aliphatic heterocycles. The summed E-state index contributed by atoms with van der Waals surface area (Å²) in [5.41, 5.74) is 3.83. The Morgan fingerprint density at radius 2 is 1.89 bits per heavy atom. The Kier molecular flexibility index (Phi) is 6.18. The number of nitriles is 1. The summed E-state index contributed by atoms with van der Waals surface area (Å²) < 4.78 is 5.71. The maximum atomic E-state index is 13.0. The van der Waals surface area contributed by atoms with E-state index in [0.717, 1.165) is 29.0 Å². The van der Waals surface area contributed by atoms with E-state index < -0.39 is 4.92 Å². The van der Waals surface area contributed by atoms with E-state index in [9.17, 15) is 20.2 Å². The van der Waals surface area contributed by atoms with Crippen LogP contribution in [0.3, 0.4) is 0 Å². The van der Waals surface area contributed by atoms with Gasteiger partial charge in [0, 0.05) is 54.4 Å². The van der Waals surface area contributed by atoms with Crippen LogP contribution in [0.5, 0.6) is 0 Å². The number of benzene rings is 1. The minimum absolute atomic E-state index is 0.00747. The zero-order valence-corrected chi connectivity index (χ0v) is 20.9. The third kappa shape index (κ3) is 4.42. The number of hydrogen-bond donors (Lipinski definition) is 0. The highest BCUT2D eigenvalue weighted by molar-refractivity contribution is 7.99. The second-order valence-corrected chi connectivity index (χ2v) is 11.2. The fourth-order valence-electron chi connectivity index (χ4n) is 4.75. The summed E-state index contributed by atoms with van der Waals surface area (Å²) in [5.74, 6) is 1.91. The predicted octanol–water partition coefficient (Wildman–Crippen LogP) is 4.65. The molecule has 184 valence electrons. The van der Waals surface area contributed by atoms with Gasteiger partial charge in [0.1, 0.15) is 17.6 Å². The molecule has 5 rings (SSSR count). The van der Waals surface area contributed by atoms with Crippen molar-refractivity contribution < 1.29 is 14.1 Å². The van der Waals surface area contributed by atoms with Crippen LogP contribution in [-0.2, 0) is 12.2 Å². The van der Waals surface area contributed by atoms with Crippen molar-refractivity contribution in [3.05, 3.63) is 75.0 Å². The summed E-state index contributed by atoms with van der Waals surface area (Å²) in [5, 5.41) is 21.1. The smallest absolute Gasteiger partial charge is 0.269 e. The number of nitro benzene ring substituents is 1. The van der Waals surface area contributed by atoms with Gasteiger partial charge in [-0.2, -0.15) is 17.0 Å². The van der Waals surface area contributed by atoms with Gasteiger partial charge in [0.25, 0.3) is 11.6 Å². The van der Waals surface area contributed by atoms with Crippen molar-refractivity contribution in [3.63, 3.8) is 0 Å². The number of piperazine rings is 1. The van der Waals surface area contributed by atoms with E-state index in [0.29, 0.717) is 48.9 Å². The molecule has 1 saturated heterocycles. The molecule has 1 aromatic carbocycles. The van der Waals surface area contributed by atoms with E-state index in [1.165, 1.54) is 24.3 Å². The number of carbonyl (C=O) groups is 1. The molecule has 4 heterocycles. The van der Waals surface area contributed by atoms with Crippen LogP contribution in [-0.4, -0.2) is 51.6 Å². The number of anilines is 1. The highest BCUT2D eigenvalue weighted by atomic mass is 32.2. The number of aromatic nitrogens is 1. The highest BCUT2D eigenvalue weighted by Gasteiger charge is 2.34. The molecule has 0 bridgehead atoms. The minimum Gasteiger partial charge on any atom is -0.463 e. The number of nitro groups is 1. The summed E-state index contributed by atoms with van der Waals surface area (Å²) >= 11 is 1.85. The van der Waals surface area contributed by atoms with Crippen molar-refractivity contribution in [1.29, 1.82) is 5.26 Å². The molecule has 0 saturated carbocycles. The highest BCUT2D eigenvalue weighted by Crippen LogP contribution is 2.44. The van der Waals surface area contributed by atoms with Crippen molar-refractivity contribution in [1.82, 2.24) is 9.88 Å². The van der Waals surface area contributed by atoms with Gasteiger partial charge in [0.05, 0.1) is 16.7 Å². The quantitative estimate of drug-likeness (QED) is 0.373. The number of rotatable bonds is 4. The van der Waals surface area contributed by atoms with E-state index in [-0.39, 0.29) is 16.3 Å². The SMILES string of the molecule is CC1(C)Cc2c(C#N)c(N3CCN(C(=O)c4ccc([N+](=O)[O-])cc4)CC3)nc(-c3ccco3)c2CS1. The van der Waals surface area contributed by atoms with Crippen LogP contribution in [0.2, 0.25) is 0 Å². The molecule has 10 heteroatoms. The number of furan rings is 1. The van der Waals surface area contributed by atoms with Crippen molar-refractivity contribution >= 4 is 29.2 Å². The van der Waals surface area contributed by atoms with Gasteiger partial charge >= 0.3 is 0 Å². The zero-order chi connectivity index (χ0) is 25.4. The van der Waals surface area contributed by atoms with E-state index in [1.807, 2.05) is 23.9 Å². The molecular weight excluding hydrogens is 478 g/mol. The van der Waals surface area contributed by atoms with Crippen molar-refractivity contribution in [3.8, 4) is 17.5 Å². The Balaban J connectivity index is 1.42. The third-order valence-electron chi connectivity index (χ3n) is 6.66. The third-order valence-corrected chi connectivity index (χ3v) is 8.02. The minimum atomic E-state index is -0.484. The first kappa shape index (κ1) is 23.9. The van der Waals surface area contributed by atoms with E-state index in [1.54, 1.807) is 11.2 Å². The van der Waals surface area contributed by atoms with E-state index >= 15 is 0 Å². The number of thioether (sulfide) groups is 1. The van der Waals surface area contributed by atoms with E-state index in [2.05, 4.69) is 24.8 Å². The lowest BCUT2D eigenvalue weighted by Gasteiger charge is -2.38. The topological polar surface area (TPSA) is 117 Å². The molecule has 0 N–H and O–H groups in total. The van der Waals surface area contributed by atoms with Gasteiger partial charge in [-0.1, -0.05) is 13.8 Å². The summed E-state index contributed by atoms with van der Waals surface area (Å²) in [6.07, 6.45) is 2.39. The van der Waals surface area contributed by atoms with Crippen LogP contribution in [0.15, 0.2) is 47.1 Å². The van der Waals surface area contributed by atoms with Crippen LogP contribution in [0.25, 0.3) is 11.5 Å². The maximum absolute atomic E-state index is 13.0.